The van der Waals surface area contributed by atoms with Gasteiger partial charge in [0.2, 0.25) is 0 Å². The van der Waals surface area contributed by atoms with Gasteiger partial charge in [0, 0.05) is 50.7 Å². The SMILES string of the molecule is CN1CCCN(c2nc(-c3ccncc3)cnc2N2CCCCC2)CC1.Cl. The van der Waals surface area contributed by atoms with E-state index in [0.717, 1.165) is 68.6 Å². The summed E-state index contributed by atoms with van der Waals surface area (Å²) in [4.78, 5) is 21.4. The second-order valence-electron chi connectivity index (χ2n) is 7.33. The topological polar surface area (TPSA) is 48.4 Å². The highest BCUT2D eigenvalue weighted by molar-refractivity contribution is 5.85. The number of rotatable bonds is 3. The van der Waals surface area contributed by atoms with Crippen molar-refractivity contribution in [2.75, 3.05) is 56.1 Å². The maximum Gasteiger partial charge on any atom is 0.172 e. The van der Waals surface area contributed by atoms with Gasteiger partial charge in [0.25, 0.3) is 0 Å². The fourth-order valence-corrected chi connectivity index (χ4v) is 3.83. The Morgan fingerprint density at radius 3 is 2.26 bits per heavy atom. The number of halogens is 1. The number of hydrogen-bond donors (Lipinski definition) is 0. The second-order valence-corrected chi connectivity index (χ2v) is 7.33. The van der Waals surface area contributed by atoms with Crippen LogP contribution in [0.1, 0.15) is 25.7 Å². The van der Waals surface area contributed by atoms with E-state index in [2.05, 4.69) is 26.7 Å². The molecule has 0 bridgehead atoms. The van der Waals surface area contributed by atoms with Gasteiger partial charge in [-0.3, -0.25) is 4.98 Å². The van der Waals surface area contributed by atoms with Crippen molar-refractivity contribution in [2.24, 2.45) is 0 Å². The molecule has 146 valence electrons. The van der Waals surface area contributed by atoms with Gasteiger partial charge in [0.1, 0.15) is 0 Å². The van der Waals surface area contributed by atoms with Crippen LogP contribution in [0.3, 0.4) is 0 Å². The van der Waals surface area contributed by atoms with Gasteiger partial charge in [-0.05, 0) is 51.4 Å². The van der Waals surface area contributed by atoms with E-state index in [1.54, 1.807) is 0 Å². The van der Waals surface area contributed by atoms with Crippen molar-refractivity contribution < 1.29 is 0 Å². The van der Waals surface area contributed by atoms with E-state index in [9.17, 15) is 0 Å². The average Bonchev–Trinajstić information content (AvgIpc) is 2.93. The van der Waals surface area contributed by atoms with Gasteiger partial charge in [0.15, 0.2) is 11.6 Å². The fourth-order valence-electron chi connectivity index (χ4n) is 3.83. The molecule has 2 aromatic rings. The minimum atomic E-state index is 0. The Morgan fingerprint density at radius 1 is 0.778 bits per heavy atom. The molecule has 0 amide bonds. The molecule has 2 fully saturated rings. The predicted molar refractivity (Wildman–Crippen MR) is 113 cm³/mol. The van der Waals surface area contributed by atoms with Crippen LogP contribution in [-0.2, 0) is 0 Å². The Hall–Kier alpha value is -1.92. The minimum absolute atomic E-state index is 0. The van der Waals surface area contributed by atoms with Crippen LogP contribution < -0.4 is 9.80 Å². The maximum atomic E-state index is 5.08. The average molecular weight is 389 g/mol. The lowest BCUT2D eigenvalue weighted by atomic mass is 10.1. The molecular formula is C20H29ClN6. The molecule has 2 saturated heterocycles. The zero-order valence-corrected chi connectivity index (χ0v) is 16.9. The Kier molecular flexibility index (Phi) is 6.85. The Bertz CT molecular complexity index is 720. The first-order chi connectivity index (χ1) is 12.8. The van der Waals surface area contributed by atoms with E-state index in [0.29, 0.717) is 0 Å². The molecule has 0 radical (unpaired) electrons. The van der Waals surface area contributed by atoms with Gasteiger partial charge in [-0.15, -0.1) is 12.4 Å². The molecule has 27 heavy (non-hydrogen) atoms. The van der Waals surface area contributed by atoms with Gasteiger partial charge in [-0.25, -0.2) is 9.97 Å². The molecule has 2 aromatic heterocycles. The third-order valence-electron chi connectivity index (χ3n) is 5.39. The number of hydrogen-bond acceptors (Lipinski definition) is 6. The molecule has 4 heterocycles. The molecule has 7 heteroatoms. The highest BCUT2D eigenvalue weighted by Crippen LogP contribution is 2.30. The molecule has 0 unspecified atom stereocenters. The summed E-state index contributed by atoms with van der Waals surface area (Å²) < 4.78 is 0. The first-order valence-corrected chi connectivity index (χ1v) is 9.77. The molecule has 0 atom stereocenters. The van der Waals surface area contributed by atoms with Gasteiger partial charge in [-0.2, -0.15) is 0 Å². The van der Waals surface area contributed by atoms with Crippen LogP contribution in [0.4, 0.5) is 11.6 Å². The molecule has 4 rings (SSSR count). The summed E-state index contributed by atoms with van der Waals surface area (Å²) in [5, 5.41) is 0. The van der Waals surface area contributed by atoms with Crippen molar-refractivity contribution in [2.45, 2.75) is 25.7 Å². The number of nitrogens with zero attached hydrogens (tertiary/aromatic N) is 6. The van der Waals surface area contributed by atoms with Crippen LogP contribution in [-0.4, -0.2) is 66.2 Å². The highest BCUT2D eigenvalue weighted by Gasteiger charge is 2.23. The normalized spacial score (nSPS) is 18.7. The van der Waals surface area contributed by atoms with E-state index in [1.165, 1.54) is 19.3 Å². The van der Waals surface area contributed by atoms with E-state index in [4.69, 9.17) is 9.97 Å². The molecule has 0 spiro atoms. The number of pyridine rings is 1. The molecule has 0 saturated carbocycles. The van der Waals surface area contributed by atoms with Crippen molar-refractivity contribution in [1.82, 2.24) is 19.9 Å². The van der Waals surface area contributed by atoms with Gasteiger partial charge < -0.3 is 14.7 Å². The van der Waals surface area contributed by atoms with Crippen LogP contribution in [0.2, 0.25) is 0 Å². The van der Waals surface area contributed by atoms with E-state index in [1.807, 2.05) is 30.7 Å². The number of piperidine rings is 1. The first kappa shape index (κ1) is 19.8. The first-order valence-electron chi connectivity index (χ1n) is 9.77. The van der Waals surface area contributed by atoms with Crippen molar-refractivity contribution >= 4 is 24.0 Å². The second kappa shape index (κ2) is 9.33. The predicted octanol–water partition coefficient (Wildman–Crippen LogP) is 3.09. The maximum absolute atomic E-state index is 5.08. The lowest BCUT2D eigenvalue weighted by Crippen LogP contribution is -2.35. The van der Waals surface area contributed by atoms with Crippen LogP contribution in [0, 0.1) is 0 Å². The minimum Gasteiger partial charge on any atom is -0.354 e. The number of aromatic nitrogens is 3. The summed E-state index contributed by atoms with van der Waals surface area (Å²) >= 11 is 0. The quantitative estimate of drug-likeness (QED) is 0.805. The van der Waals surface area contributed by atoms with Crippen molar-refractivity contribution in [3.63, 3.8) is 0 Å². The molecule has 0 N–H and O–H groups in total. The molecule has 0 aliphatic carbocycles. The summed E-state index contributed by atoms with van der Waals surface area (Å²) in [7, 11) is 2.20. The largest absolute Gasteiger partial charge is 0.354 e. The summed E-state index contributed by atoms with van der Waals surface area (Å²) in [6.07, 6.45) is 10.5. The third kappa shape index (κ3) is 4.68. The summed E-state index contributed by atoms with van der Waals surface area (Å²) in [6.45, 7) is 6.44. The zero-order chi connectivity index (χ0) is 17.8. The van der Waals surface area contributed by atoms with Gasteiger partial charge in [-0.1, -0.05) is 0 Å². The Balaban J connectivity index is 0.00000210. The summed E-state index contributed by atoms with van der Waals surface area (Å²) in [5.41, 5.74) is 2.01. The Labute approximate surface area is 168 Å². The zero-order valence-electron chi connectivity index (χ0n) is 16.0. The Morgan fingerprint density at radius 2 is 1.48 bits per heavy atom. The van der Waals surface area contributed by atoms with Gasteiger partial charge in [0.05, 0.1) is 11.9 Å². The highest BCUT2D eigenvalue weighted by atomic mass is 35.5. The fraction of sp³-hybridized carbons (Fsp3) is 0.550. The van der Waals surface area contributed by atoms with Crippen molar-refractivity contribution in [3.8, 4) is 11.3 Å². The van der Waals surface area contributed by atoms with Crippen LogP contribution in [0.25, 0.3) is 11.3 Å². The summed E-state index contributed by atoms with van der Waals surface area (Å²) in [6, 6.07) is 4.01. The van der Waals surface area contributed by atoms with Gasteiger partial charge >= 0.3 is 0 Å². The van der Waals surface area contributed by atoms with E-state index < -0.39 is 0 Å². The molecular weight excluding hydrogens is 360 g/mol. The van der Waals surface area contributed by atoms with Crippen molar-refractivity contribution in [3.05, 3.63) is 30.7 Å². The van der Waals surface area contributed by atoms with Crippen LogP contribution >= 0.6 is 12.4 Å². The van der Waals surface area contributed by atoms with E-state index in [-0.39, 0.29) is 12.4 Å². The van der Waals surface area contributed by atoms with Crippen molar-refractivity contribution in [1.29, 1.82) is 0 Å². The molecule has 0 aromatic carbocycles. The number of likely N-dealkylation sites (N-methyl/N-ethyl adjacent to an activating group) is 1. The lowest BCUT2D eigenvalue weighted by Gasteiger charge is -2.32. The van der Waals surface area contributed by atoms with E-state index >= 15 is 0 Å². The molecule has 6 nitrogen and oxygen atoms in total. The summed E-state index contributed by atoms with van der Waals surface area (Å²) in [5.74, 6) is 2.11. The van der Waals surface area contributed by atoms with Crippen LogP contribution in [0.5, 0.6) is 0 Å². The third-order valence-corrected chi connectivity index (χ3v) is 5.39. The molecule has 2 aliphatic rings. The smallest absolute Gasteiger partial charge is 0.172 e. The number of anilines is 2. The molecule has 2 aliphatic heterocycles. The standard InChI is InChI=1S/C20H28N6.ClH/c1-24-10-5-13-26(15-14-24)20-19(25-11-3-2-4-12-25)22-16-18(23-20)17-6-8-21-9-7-17;/h6-9,16H,2-5,10-15H2,1H3;1H. The lowest BCUT2D eigenvalue weighted by molar-refractivity contribution is 0.360. The monoisotopic (exact) mass is 388 g/mol. The van der Waals surface area contributed by atoms with Crippen LogP contribution in [0.15, 0.2) is 30.7 Å².